The number of hydrogen-bond donors (Lipinski definition) is 3. The molecule has 1 saturated heterocycles. The molecule has 4 heterocycles. The molecule has 0 radical (unpaired) electrons. The maximum Gasteiger partial charge on any atom is 0.307 e. The summed E-state index contributed by atoms with van der Waals surface area (Å²) >= 11 is 6.96. The zero-order valence-corrected chi connectivity index (χ0v) is 27.6. The minimum Gasteiger partial charge on any atom is -0.481 e. The van der Waals surface area contributed by atoms with Crippen LogP contribution in [0.25, 0.3) is 33.7 Å². The van der Waals surface area contributed by atoms with Gasteiger partial charge in [0.15, 0.2) is 11.4 Å². The molecule has 0 bridgehead atoms. The number of carbonyl (C=O) groups is 2. The monoisotopic (exact) mass is 663 g/mol. The van der Waals surface area contributed by atoms with E-state index in [1.54, 1.807) is 12.1 Å². The zero-order chi connectivity index (χ0) is 33.7. The molecular formula is C36H34ClN7O4. The van der Waals surface area contributed by atoms with Gasteiger partial charge in [-0.25, -0.2) is 9.97 Å². The Balaban J connectivity index is 1.17. The van der Waals surface area contributed by atoms with Crippen molar-refractivity contribution in [2.45, 2.75) is 45.8 Å². The number of anilines is 1. The van der Waals surface area contributed by atoms with Crippen LogP contribution in [0.1, 0.15) is 52.0 Å². The number of carboxylic acids is 1. The normalized spacial score (nSPS) is 17.7. The Morgan fingerprint density at radius 1 is 1.17 bits per heavy atom. The summed E-state index contributed by atoms with van der Waals surface area (Å²) in [5, 5.41) is 26.1. The first-order valence-electron chi connectivity index (χ1n) is 15.9. The summed E-state index contributed by atoms with van der Waals surface area (Å²) in [4.78, 5) is 36.3. The minimum atomic E-state index is -0.780. The van der Waals surface area contributed by atoms with E-state index in [0.29, 0.717) is 77.7 Å². The number of nitrogens with zero attached hydrogens (tertiary/aromatic N) is 5. The van der Waals surface area contributed by atoms with Crippen molar-refractivity contribution in [3.63, 3.8) is 0 Å². The molecule has 7 rings (SSSR count). The lowest BCUT2D eigenvalue weighted by atomic mass is 9.96. The Hall–Kier alpha value is -5.02. The van der Waals surface area contributed by atoms with E-state index >= 15 is 0 Å². The second kappa shape index (κ2) is 12.5. The summed E-state index contributed by atoms with van der Waals surface area (Å²) in [6, 6.07) is 17.5. The quantitative estimate of drug-likeness (QED) is 0.193. The summed E-state index contributed by atoms with van der Waals surface area (Å²) in [6.07, 6.45) is 1.40. The molecule has 0 saturated carbocycles. The van der Waals surface area contributed by atoms with Gasteiger partial charge in [-0.05, 0) is 67.8 Å². The molecule has 2 aromatic heterocycles. The lowest BCUT2D eigenvalue weighted by Gasteiger charge is -2.20. The number of benzene rings is 3. The van der Waals surface area contributed by atoms with E-state index in [1.807, 2.05) is 54.9 Å². The molecule has 12 heteroatoms. The highest BCUT2D eigenvalue weighted by Gasteiger charge is 2.29. The molecule has 3 aromatic carbocycles. The van der Waals surface area contributed by atoms with Crippen molar-refractivity contribution in [2.24, 2.45) is 13.0 Å². The summed E-state index contributed by atoms with van der Waals surface area (Å²) in [6.45, 7) is 6.37. The largest absolute Gasteiger partial charge is 0.481 e. The molecular weight excluding hydrogens is 630 g/mol. The number of fused-ring (bicyclic) bond motifs is 2. The molecule has 48 heavy (non-hydrogen) atoms. The predicted molar refractivity (Wildman–Crippen MR) is 182 cm³/mol. The van der Waals surface area contributed by atoms with Gasteiger partial charge in [0.05, 0.1) is 27.9 Å². The van der Waals surface area contributed by atoms with Crippen molar-refractivity contribution in [3.8, 4) is 28.7 Å². The van der Waals surface area contributed by atoms with Crippen molar-refractivity contribution in [2.75, 3.05) is 18.4 Å². The molecule has 5 aromatic rings. The van der Waals surface area contributed by atoms with Crippen molar-refractivity contribution < 1.29 is 19.1 Å². The fourth-order valence-electron chi connectivity index (χ4n) is 6.81. The number of carbonyl (C=O) groups excluding carboxylic acids is 1. The predicted octanol–water partition coefficient (Wildman–Crippen LogP) is 5.92. The third kappa shape index (κ3) is 5.72. The van der Waals surface area contributed by atoms with Gasteiger partial charge in [-0.2, -0.15) is 5.26 Å². The molecule has 3 N–H and O–H groups in total. The van der Waals surface area contributed by atoms with Crippen LogP contribution in [0.2, 0.25) is 5.02 Å². The maximum atomic E-state index is 13.4. The molecule has 0 spiro atoms. The second-order valence-corrected chi connectivity index (χ2v) is 13.0. The number of aliphatic carboxylic acids is 1. The summed E-state index contributed by atoms with van der Waals surface area (Å²) in [5.74, 6) is -0.798. The van der Waals surface area contributed by atoms with Gasteiger partial charge in [0.2, 0.25) is 5.89 Å². The number of halogens is 1. The minimum absolute atomic E-state index is 0.310. The average Bonchev–Trinajstić information content (AvgIpc) is 3.80. The van der Waals surface area contributed by atoms with Crippen LogP contribution in [0, 0.1) is 24.2 Å². The Labute approximate surface area is 282 Å². The number of nitrogens with one attached hydrogen (secondary N) is 2. The molecule has 11 nitrogen and oxygen atoms in total. The summed E-state index contributed by atoms with van der Waals surface area (Å²) in [5.41, 5.74) is 7.77. The van der Waals surface area contributed by atoms with Gasteiger partial charge in [0, 0.05) is 56.0 Å². The molecule has 2 aliphatic rings. The first kappa shape index (κ1) is 31.6. The zero-order valence-electron chi connectivity index (χ0n) is 26.8. The third-order valence-electron chi connectivity index (χ3n) is 9.42. The highest BCUT2D eigenvalue weighted by atomic mass is 35.5. The van der Waals surface area contributed by atoms with Crippen LogP contribution in [0.15, 0.2) is 52.9 Å². The number of hydrogen-bond acceptors (Lipinski definition) is 8. The van der Waals surface area contributed by atoms with Crippen LogP contribution in [-0.4, -0.2) is 55.5 Å². The number of rotatable bonds is 7. The lowest BCUT2D eigenvalue weighted by molar-refractivity contribution is -0.141. The van der Waals surface area contributed by atoms with E-state index in [4.69, 9.17) is 21.0 Å². The Kier molecular flexibility index (Phi) is 8.25. The molecule has 2 aliphatic heterocycles. The smallest absolute Gasteiger partial charge is 0.307 e. The van der Waals surface area contributed by atoms with E-state index in [1.165, 1.54) is 0 Å². The van der Waals surface area contributed by atoms with Crippen LogP contribution in [0.4, 0.5) is 5.69 Å². The van der Waals surface area contributed by atoms with Gasteiger partial charge in [0.25, 0.3) is 5.91 Å². The van der Waals surface area contributed by atoms with E-state index in [9.17, 15) is 20.0 Å². The van der Waals surface area contributed by atoms with Crippen molar-refractivity contribution >= 4 is 40.3 Å². The molecule has 0 aliphatic carbocycles. The number of aromatic nitrogens is 3. The van der Waals surface area contributed by atoms with E-state index in [2.05, 4.69) is 33.5 Å². The second-order valence-electron chi connectivity index (χ2n) is 12.7. The summed E-state index contributed by atoms with van der Waals surface area (Å²) < 4.78 is 8.06. The van der Waals surface area contributed by atoms with Gasteiger partial charge in [0.1, 0.15) is 11.6 Å². The number of amides is 1. The van der Waals surface area contributed by atoms with Gasteiger partial charge < -0.3 is 24.7 Å². The molecule has 1 amide bonds. The van der Waals surface area contributed by atoms with Gasteiger partial charge in [-0.3, -0.25) is 14.5 Å². The molecule has 1 fully saturated rings. The summed E-state index contributed by atoms with van der Waals surface area (Å²) in [7, 11) is 1.86. The van der Waals surface area contributed by atoms with Crippen molar-refractivity contribution in [1.82, 2.24) is 24.8 Å². The number of oxazole rings is 1. The van der Waals surface area contributed by atoms with Crippen molar-refractivity contribution in [3.05, 3.63) is 87.5 Å². The topological polar surface area (TPSA) is 149 Å². The lowest BCUT2D eigenvalue weighted by Crippen LogP contribution is -2.33. The Bertz CT molecular complexity index is 2150. The molecule has 244 valence electrons. The number of nitriles is 1. The van der Waals surface area contributed by atoms with Crippen LogP contribution < -0.4 is 10.6 Å². The fraction of sp³-hybridized carbons (Fsp3) is 0.306. The first-order valence-corrected chi connectivity index (χ1v) is 16.3. The fourth-order valence-corrected chi connectivity index (χ4v) is 7.09. The van der Waals surface area contributed by atoms with Gasteiger partial charge >= 0.3 is 5.97 Å². The highest BCUT2D eigenvalue weighted by Crippen LogP contribution is 2.39. The van der Waals surface area contributed by atoms with Crippen molar-refractivity contribution in [1.29, 1.82) is 5.26 Å². The Morgan fingerprint density at radius 2 is 1.94 bits per heavy atom. The molecule has 2 atom stereocenters. The van der Waals surface area contributed by atoms with Crippen LogP contribution in [-0.2, 0) is 31.4 Å². The van der Waals surface area contributed by atoms with Crippen LogP contribution in [0.3, 0.4) is 0 Å². The van der Waals surface area contributed by atoms with Crippen LogP contribution in [0.5, 0.6) is 0 Å². The maximum absolute atomic E-state index is 13.4. The number of likely N-dealkylation sites (tertiary alicyclic amines) is 1. The third-order valence-corrected chi connectivity index (χ3v) is 9.82. The molecule has 2 unspecified atom stereocenters. The number of carboxylic acid groups (broad SMARTS) is 1. The van der Waals surface area contributed by atoms with Gasteiger partial charge in [-0.15, -0.1) is 0 Å². The van der Waals surface area contributed by atoms with Gasteiger partial charge in [-0.1, -0.05) is 35.9 Å². The van der Waals surface area contributed by atoms with E-state index in [0.717, 1.165) is 45.6 Å². The SMILES string of the molecule is Cc1c(-c2nc3cc(CN4CCC(C(=O)O)C4)cc(C#N)c3o2)cccc1-c1cccc(NC(=O)c2nc3c(n2C)CC(C)NC3)c1Cl. The average molecular weight is 664 g/mol. The van der Waals surface area contributed by atoms with E-state index < -0.39 is 5.97 Å². The number of imidazole rings is 1. The van der Waals surface area contributed by atoms with E-state index in [-0.39, 0.29) is 11.8 Å². The first-order chi connectivity index (χ1) is 23.1. The Morgan fingerprint density at radius 3 is 2.71 bits per heavy atom. The standard InChI is InChI=1S/C36H34ClN7O4/c1-19-12-30-29(16-39-19)40-33(43(30)3)34(45)41-27-9-5-8-26(31(27)37)24-6-4-7-25(20(24)2)35-42-28-14-21(13-23(15-38)32(28)48-35)17-44-11-10-22(18-44)36(46)47/h4-9,13-14,19,22,39H,10-12,16-18H2,1-3H3,(H,41,45)(H,46,47). The van der Waals surface area contributed by atoms with Crippen LogP contribution >= 0.6 is 11.6 Å². The highest BCUT2D eigenvalue weighted by molar-refractivity contribution is 6.36.